The summed E-state index contributed by atoms with van der Waals surface area (Å²) < 4.78 is 42.4. The van der Waals surface area contributed by atoms with Crippen molar-refractivity contribution in [1.29, 1.82) is 0 Å². The highest BCUT2D eigenvalue weighted by molar-refractivity contribution is 7.93. The van der Waals surface area contributed by atoms with Crippen LogP contribution in [-0.2, 0) is 10.0 Å². The van der Waals surface area contributed by atoms with Gasteiger partial charge in [-0.25, -0.2) is 18.4 Å². The van der Waals surface area contributed by atoms with E-state index in [-0.39, 0.29) is 29.9 Å². The highest BCUT2D eigenvalue weighted by Gasteiger charge is 2.34. The van der Waals surface area contributed by atoms with Gasteiger partial charge in [-0.2, -0.15) is 9.97 Å². The Morgan fingerprint density at radius 2 is 1.66 bits per heavy atom. The SMILES string of the molecule is COc1ncnc(OC)c1-n1c(NS(=O)(=O)[C@@H]2CCCN(c3ncc(C)cn3)C2)nnc1-c1ccccc1. The zero-order valence-corrected chi connectivity index (χ0v) is 22.0. The molecule has 1 N–H and O–H groups in total. The van der Waals surface area contributed by atoms with E-state index in [0.717, 1.165) is 5.56 Å². The average molecular weight is 538 g/mol. The maximum absolute atomic E-state index is 13.7. The number of methoxy groups -OCH3 is 2. The highest BCUT2D eigenvalue weighted by atomic mass is 32.2. The van der Waals surface area contributed by atoms with E-state index < -0.39 is 15.3 Å². The smallest absolute Gasteiger partial charge is 0.245 e. The lowest BCUT2D eigenvalue weighted by Crippen LogP contribution is -2.45. The van der Waals surface area contributed by atoms with Crippen LogP contribution in [-0.4, -0.2) is 75.7 Å². The second-order valence-corrected chi connectivity index (χ2v) is 10.7. The van der Waals surface area contributed by atoms with Crippen LogP contribution in [0.4, 0.5) is 11.9 Å². The van der Waals surface area contributed by atoms with Gasteiger partial charge in [0.2, 0.25) is 33.7 Å². The predicted molar refractivity (Wildman–Crippen MR) is 140 cm³/mol. The van der Waals surface area contributed by atoms with Crippen LogP contribution >= 0.6 is 0 Å². The van der Waals surface area contributed by atoms with Gasteiger partial charge in [0, 0.05) is 31.0 Å². The third-order valence-corrected chi connectivity index (χ3v) is 7.89. The van der Waals surface area contributed by atoms with Crippen LogP contribution in [0.2, 0.25) is 0 Å². The summed E-state index contributed by atoms with van der Waals surface area (Å²) in [6.45, 7) is 2.80. The van der Waals surface area contributed by atoms with Crippen LogP contribution < -0.4 is 19.1 Å². The lowest BCUT2D eigenvalue weighted by Gasteiger charge is -2.32. The number of nitrogens with zero attached hydrogens (tertiary/aromatic N) is 8. The third kappa shape index (κ3) is 4.94. The van der Waals surface area contributed by atoms with E-state index in [0.29, 0.717) is 36.7 Å². The lowest BCUT2D eigenvalue weighted by atomic mass is 10.1. The van der Waals surface area contributed by atoms with Gasteiger partial charge in [0.15, 0.2) is 11.5 Å². The van der Waals surface area contributed by atoms with Crippen LogP contribution in [0, 0.1) is 6.92 Å². The Bertz CT molecular complexity index is 1490. The molecule has 1 aromatic carbocycles. The normalized spacial score (nSPS) is 15.8. The monoisotopic (exact) mass is 537 g/mol. The molecule has 0 radical (unpaired) electrons. The van der Waals surface area contributed by atoms with Crippen molar-refractivity contribution in [1.82, 2.24) is 34.7 Å². The number of anilines is 2. The number of benzene rings is 1. The Labute approximate surface area is 220 Å². The molecule has 14 heteroatoms. The Morgan fingerprint density at radius 1 is 0.974 bits per heavy atom. The molecule has 0 amide bonds. The summed E-state index contributed by atoms with van der Waals surface area (Å²) in [4.78, 5) is 19.0. The summed E-state index contributed by atoms with van der Waals surface area (Å²) in [5, 5.41) is 7.77. The van der Waals surface area contributed by atoms with Crippen LogP contribution in [0.3, 0.4) is 0 Å². The maximum atomic E-state index is 13.7. The molecular weight excluding hydrogens is 510 g/mol. The predicted octanol–water partition coefficient (Wildman–Crippen LogP) is 2.25. The number of nitrogens with one attached hydrogen (secondary N) is 1. The number of ether oxygens (including phenoxy) is 2. The Kier molecular flexibility index (Phi) is 7.05. The summed E-state index contributed by atoms with van der Waals surface area (Å²) in [5.74, 6) is 1.14. The second-order valence-electron chi connectivity index (χ2n) is 8.71. The first-order chi connectivity index (χ1) is 18.4. The van der Waals surface area contributed by atoms with Crippen LogP contribution in [0.1, 0.15) is 18.4 Å². The molecule has 38 heavy (non-hydrogen) atoms. The maximum Gasteiger partial charge on any atom is 0.245 e. The molecule has 198 valence electrons. The molecule has 13 nitrogen and oxygen atoms in total. The van der Waals surface area contributed by atoms with Gasteiger partial charge in [-0.3, -0.25) is 9.29 Å². The molecule has 0 bridgehead atoms. The van der Waals surface area contributed by atoms with Crippen LogP contribution in [0.15, 0.2) is 49.1 Å². The van der Waals surface area contributed by atoms with Crippen molar-refractivity contribution in [2.45, 2.75) is 25.0 Å². The summed E-state index contributed by atoms with van der Waals surface area (Å²) >= 11 is 0. The van der Waals surface area contributed by atoms with E-state index in [1.807, 2.05) is 42.2 Å². The molecule has 4 aromatic rings. The number of aryl methyl sites for hydroxylation is 1. The van der Waals surface area contributed by atoms with E-state index >= 15 is 0 Å². The second kappa shape index (κ2) is 10.6. The van der Waals surface area contributed by atoms with Crippen LogP contribution in [0.25, 0.3) is 17.1 Å². The molecule has 1 aliphatic rings. The van der Waals surface area contributed by atoms with Crippen molar-refractivity contribution in [3.63, 3.8) is 0 Å². The van der Waals surface area contributed by atoms with Gasteiger partial charge in [-0.05, 0) is 25.3 Å². The van der Waals surface area contributed by atoms with Crippen molar-refractivity contribution < 1.29 is 17.9 Å². The van der Waals surface area contributed by atoms with E-state index in [1.165, 1.54) is 25.1 Å². The minimum absolute atomic E-state index is 0.0426. The first-order valence-electron chi connectivity index (χ1n) is 11.9. The van der Waals surface area contributed by atoms with Gasteiger partial charge < -0.3 is 14.4 Å². The molecule has 0 aliphatic carbocycles. The van der Waals surface area contributed by atoms with Gasteiger partial charge in [-0.15, -0.1) is 10.2 Å². The fourth-order valence-electron chi connectivity index (χ4n) is 4.31. The molecule has 5 rings (SSSR count). The molecule has 1 aliphatic heterocycles. The van der Waals surface area contributed by atoms with Crippen molar-refractivity contribution >= 4 is 21.9 Å². The van der Waals surface area contributed by atoms with E-state index in [4.69, 9.17) is 9.47 Å². The number of piperidine rings is 1. The summed E-state index contributed by atoms with van der Waals surface area (Å²) in [6.07, 6.45) is 5.86. The zero-order valence-electron chi connectivity index (χ0n) is 21.1. The van der Waals surface area contributed by atoms with E-state index in [9.17, 15) is 8.42 Å². The van der Waals surface area contributed by atoms with E-state index in [1.54, 1.807) is 12.4 Å². The first kappa shape index (κ1) is 25.3. The largest absolute Gasteiger partial charge is 0.479 e. The Hall–Kier alpha value is -4.33. The van der Waals surface area contributed by atoms with Gasteiger partial charge in [0.1, 0.15) is 6.33 Å². The first-order valence-corrected chi connectivity index (χ1v) is 13.5. The highest BCUT2D eigenvalue weighted by Crippen LogP contribution is 2.35. The topological polar surface area (TPSA) is 150 Å². The standard InChI is InChI=1S/C24H27N9O4S/c1-16-12-25-23(26-13-16)32-11-7-10-18(14-32)38(34,35)31-24-30-29-20(17-8-5-4-6-9-17)33(24)19-21(36-2)27-15-28-22(19)37-3/h4-6,8-9,12-13,15,18H,7,10-11,14H2,1-3H3,(H,30,31)/t18-/m1/s1. The molecule has 1 atom stereocenters. The number of sulfonamides is 1. The lowest BCUT2D eigenvalue weighted by molar-refractivity contribution is 0.368. The summed E-state index contributed by atoms with van der Waals surface area (Å²) in [6, 6.07) is 9.23. The van der Waals surface area contributed by atoms with Crippen molar-refractivity contribution in [3.8, 4) is 28.8 Å². The number of hydrogen-bond acceptors (Lipinski definition) is 11. The fourth-order valence-corrected chi connectivity index (χ4v) is 5.71. The number of rotatable bonds is 8. The Morgan fingerprint density at radius 3 is 2.32 bits per heavy atom. The molecular formula is C24H27N9O4S. The van der Waals surface area contributed by atoms with Gasteiger partial charge in [-0.1, -0.05) is 30.3 Å². The quantitative estimate of drug-likeness (QED) is 0.352. The molecule has 1 fully saturated rings. The minimum Gasteiger partial charge on any atom is -0.479 e. The Balaban J connectivity index is 1.54. The van der Waals surface area contributed by atoms with Gasteiger partial charge >= 0.3 is 0 Å². The van der Waals surface area contributed by atoms with Crippen molar-refractivity contribution in [2.75, 3.05) is 36.9 Å². The molecule has 1 saturated heterocycles. The molecule has 3 aromatic heterocycles. The number of aromatic nitrogens is 7. The van der Waals surface area contributed by atoms with Gasteiger partial charge in [0.25, 0.3) is 0 Å². The van der Waals surface area contributed by atoms with Crippen molar-refractivity contribution in [2.24, 2.45) is 0 Å². The zero-order chi connectivity index (χ0) is 26.7. The molecule has 0 unspecified atom stereocenters. The summed E-state index contributed by atoms with van der Waals surface area (Å²) in [5.41, 5.74) is 1.89. The van der Waals surface area contributed by atoms with Crippen molar-refractivity contribution in [3.05, 3.63) is 54.6 Å². The molecule has 0 spiro atoms. The fraction of sp³-hybridized carbons (Fsp3) is 0.333. The van der Waals surface area contributed by atoms with Gasteiger partial charge in [0.05, 0.1) is 19.5 Å². The molecule has 4 heterocycles. The molecule has 0 saturated carbocycles. The summed E-state index contributed by atoms with van der Waals surface area (Å²) in [7, 11) is -1.02. The van der Waals surface area contributed by atoms with E-state index in [2.05, 4.69) is 34.9 Å². The number of hydrogen-bond donors (Lipinski definition) is 1. The average Bonchev–Trinajstić information content (AvgIpc) is 3.35. The minimum atomic E-state index is -3.92. The van der Waals surface area contributed by atoms with Crippen LogP contribution in [0.5, 0.6) is 11.8 Å². The third-order valence-electron chi connectivity index (χ3n) is 6.16.